The Morgan fingerprint density at radius 1 is 1.40 bits per heavy atom. The fraction of sp³-hybridized carbons (Fsp3) is 0.375. The Morgan fingerprint density at radius 3 is 2.67 bits per heavy atom. The van der Waals surface area contributed by atoms with Crippen molar-refractivity contribution in [2.45, 2.75) is 6.54 Å². The van der Waals surface area contributed by atoms with E-state index in [-0.39, 0.29) is 23.7 Å². The molecule has 80 valence electrons. The average molecular weight is 228 g/mol. The quantitative estimate of drug-likeness (QED) is 0.684. The van der Waals surface area contributed by atoms with Crippen molar-refractivity contribution in [3.05, 3.63) is 20.2 Å². The molecule has 7 heteroatoms. The SMILES string of the molecule is Cn1c2c(sc1=O)C(=O)CN(C(=O)O)C2. The summed E-state index contributed by atoms with van der Waals surface area (Å²) in [5.74, 6) is -0.304. The zero-order valence-corrected chi connectivity index (χ0v) is 8.71. The van der Waals surface area contributed by atoms with Gasteiger partial charge in [-0.25, -0.2) is 4.79 Å². The smallest absolute Gasteiger partial charge is 0.408 e. The second kappa shape index (κ2) is 3.20. The van der Waals surface area contributed by atoms with E-state index in [0.717, 1.165) is 16.2 Å². The molecular formula is C8H8N2O4S. The van der Waals surface area contributed by atoms with E-state index in [1.165, 1.54) is 11.6 Å². The highest BCUT2D eigenvalue weighted by Crippen LogP contribution is 2.20. The average Bonchev–Trinajstić information content (AvgIpc) is 2.45. The first-order valence-electron chi connectivity index (χ1n) is 4.20. The van der Waals surface area contributed by atoms with E-state index >= 15 is 0 Å². The van der Waals surface area contributed by atoms with Gasteiger partial charge in [-0.2, -0.15) is 0 Å². The lowest BCUT2D eigenvalue weighted by atomic mass is 10.2. The molecule has 1 N–H and O–H groups in total. The molecular weight excluding hydrogens is 220 g/mol. The number of carbonyl (C=O) groups is 2. The second-order valence-electron chi connectivity index (χ2n) is 3.26. The summed E-state index contributed by atoms with van der Waals surface area (Å²) < 4.78 is 1.33. The lowest BCUT2D eigenvalue weighted by molar-refractivity contribution is 0.0874. The monoisotopic (exact) mass is 228 g/mol. The van der Waals surface area contributed by atoms with E-state index in [1.807, 2.05) is 0 Å². The van der Waals surface area contributed by atoms with Gasteiger partial charge in [0.05, 0.1) is 23.7 Å². The van der Waals surface area contributed by atoms with Crippen LogP contribution in [0.2, 0.25) is 0 Å². The summed E-state index contributed by atoms with van der Waals surface area (Å²) in [7, 11) is 1.54. The van der Waals surface area contributed by atoms with Gasteiger partial charge in [0.1, 0.15) is 0 Å². The maximum absolute atomic E-state index is 11.5. The summed E-state index contributed by atoms with van der Waals surface area (Å²) in [6.45, 7) is -0.0616. The fourth-order valence-electron chi connectivity index (χ4n) is 1.49. The van der Waals surface area contributed by atoms with Crippen molar-refractivity contribution in [1.29, 1.82) is 0 Å². The molecule has 0 fully saturated rings. The molecule has 1 amide bonds. The summed E-state index contributed by atoms with van der Waals surface area (Å²) in [4.78, 5) is 34.7. The van der Waals surface area contributed by atoms with Gasteiger partial charge >= 0.3 is 11.0 Å². The summed E-state index contributed by atoms with van der Waals surface area (Å²) in [5.41, 5.74) is 0.489. The Balaban J connectivity index is 2.51. The molecule has 0 radical (unpaired) electrons. The standard InChI is InChI=1S/C8H8N2O4S/c1-9-4-2-10(7(12)13)3-5(11)6(4)15-8(9)14/h2-3H2,1H3,(H,12,13). The number of amides is 1. The maximum atomic E-state index is 11.5. The number of nitrogens with zero attached hydrogens (tertiary/aromatic N) is 2. The van der Waals surface area contributed by atoms with Gasteiger partial charge in [0.2, 0.25) is 0 Å². The number of carboxylic acid groups (broad SMARTS) is 1. The van der Waals surface area contributed by atoms with E-state index in [1.54, 1.807) is 0 Å². The highest BCUT2D eigenvalue weighted by molar-refractivity contribution is 7.11. The maximum Gasteiger partial charge on any atom is 0.408 e. The molecule has 0 aromatic carbocycles. The van der Waals surface area contributed by atoms with Crippen LogP contribution in [0.5, 0.6) is 0 Å². The number of hydrogen-bond acceptors (Lipinski definition) is 4. The van der Waals surface area contributed by atoms with Crippen LogP contribution in [0.3, 0.4) is 0 Å². The first-order valence-corrected chi connectivity index (χ1v) is 5.02. The van der Waals surface area contributed by atoms with Crippen molar-refractivity contribution in [1.82, 2.24) is 9.47 Å². The molecule has 0 spiro atoms. The van der Waals surface area contributed by atoms with Gasteiger partial charge in [0, 0.05) is 7.05 Å². The largest absolute Gasteiger partial charge is 0.465 e. The molecule has 0 bridgehead atoms. The number of fused-ring (bicyclic) bond motifs is 1. The summed E-state index contributed by atoms with van der Waals surface area (Å²) in [6.07, 6.45) is -1.15. The lowest BCUT2D eigenvalue weighted by Crippen LogP contribution is -2.38. The summed E-state index contributed by atoms with van der Waals surface area (Å²) in [5, 5.41) is 8.77. The van der Waals surface area contributed by atoms with Crippen LogP contribution in [0, 0.1) is 0 Å². The van der Waals surface area contributed by atoms with E-state index in [0.29, 0.717) is 10.6 Å². The zero-order chi connectivity index (χ0) is 11.2. The van der Waals surface area contributed by atoms with Crippen LogP contribution in [0.15, 0.2) is 4.79 Å². The van der Waals surface area contributed by atoms with Gasteiger partial charge in [0.15, 0.2) is 5.78 Å². The third-order valence-corrected chi connectivity index (χ3v) is 3.44. The molecule has 0 saturated heterocycles. The van der Waals surface area contributed by atoms with Crippen LogP contribution < -0.4 is 4.87 Å². The number of aromatic nitrogens is 1. The minimum absolute atomic E-state index is 0.103. The molecule has 2 rings (SSSR count). The van der Waals surface area contributed by atoms with Gasteiger partial charge in [-0.15, -0.1) is 0 Å². The van der Waals surface area contributed by atoms with Crippen molar-refractivity contribution in [3.63, 3.8) is 0 Å². The van der Waals surface area contributed by atoms with Gasteiger partial charge in [-0.1, -0.05) is 11.3 Å². The number of thiazole rings is 1. The highest BCUT2D eigenvalue weighted by atomic mass is 32.1. The van der Waals surface area contributed by atoms with Gasteiger partial charge in [-0.3, -0.25) is 14.5 Å². The van der Waals surface area contributed by atoms with E-state index in [2.05, 4.69) is 0 Å². The fourth-order valence-corrected chi connectivity index (χ4v) is 2.41. The number of Topliss-reactive ketones (excluding diaryl/α,β-unsaturated/α-hetero) is 1. The minimum Gasteiger partial charge on any atom is -0.465 e. The third-order valence-electron chi connectivity index (χ3n) is 2.33. The topological polar surface area (TPSA) is 79.6 Å². The Kier molecular flexibility index (Phi) is 2.11. The predicted octanol–water partition coefficient (Wildman–Crippen LogP) is 0.123. The van der Waals surface area contributed by atoms with Crippen LogP contribution in [-0.4, -0.2) is 33.0 Å². The summed E-state index contributed by atoms with van der Waals surface area (Å²) >= 11 is 0.877. The number of rotatable bonds is 0. The molecule has 0 unspecified atom stereocenters. The lowest BCUT2D eigenvalue weighted by Gasteiger charge is -2.23. The van der Waals surface area contributed by atoms with Crippen molar-refractivity contribution in [2.24, 2.45) is 7.05 Å². The van der Waals surface area contributed by atoms with E-state index < -0.39 is 6.09 Å². The number of hydrogen-bond donors (Lipinski definition) is 1. The Morgan fingerprint density at radius 2 is 2.07 bits per heavy atom. The minimum atomic E-state index is -1.15. The Labute approximate surface area is 88.4 Å². The molecule has 0 atom stereocenters. The number of ketones is 1. The van der Waals surface area contributed by atoms with Crippen LogP contribution >= 0.6 is 11.3 Å². The van der Waals surface area contributed by atoms with Crippen LogP contribution in [0.1, 0.15) is 15.4 Å². The molecule has 1 aromatic rings. The normalized spacial score (nSPS) is 15.3. The third kappa shape index (κ3) is 1.44. The van der Waals surface area contributed by atoms with E-state index in [9.17, 15) is 14.4 Å². The molecule has 1 aliphatic rings. The van der Waals surface area contributed by atoms with Crippen LogP contribution in [-0.2, 0) is 13.6 Å². The van der Waals surface area contributed by atoms with E-state index in [4.69, 9.17) is 5.11 Å². The molecule has 1 aliphatic heterocycles. The molecule has 6 nitrogen and oxygen atoms in total. The highest BCUT2D eigenvalue weighted by Gasteiger charge is 2.30. The van der Waals surface area contributed by atoms with Crippen molar-refractivity contribution in [3.8, 4) is 0 Å². The Hall–Kier alpha value is -1.63. The molecule has 0 saturated carbocycles. The molecule has 2 heterocycles. The van der Waals surface area contributed by atoms with Crippen molar-refractivity contribution < 1.29 is 14.7 Å². The van der Waals surface area contributed by atoms with Gasteiger partial charge < -0.3 is 9.67 Å². The van der Waals surface area contributed by atoms with Gasteiger partial charge in [0.25, 0.3) is 0 Å². The van der Waals surface area contributed by atoms with Crippen molar-refractivity contribution in [2.75, 3.05) is 6.54 Å². The van der Waals surface area contributed by atoms with Gasteiger partial charge in [-0.05, 0) is 0 Å². The molecule has 1 aromatic heterocycles. The van der Waals surface area contributed by atoms with Crippen molar-refractivity contribution >= 4 is 23.2 Å². The Bertz CT molecular complexity index is 501. The van der Waals surface area contributed by atoms with Crippen LogP contribution in [0.25, 0.3) is 0 Å². The zero-order valence-electron chi connectivity index (χ0n) is 7.89. The summed E-state index contributed by atoms with van der Waals surface area (Å²) in [6, 6.07) is 0. The molecule has 15 heavy (non-hydrogen) atoms. The number of carbonyl (C=O) groups excluding carboxylic acids is 1. The second-order valence-corrected chi connectivity index (χ2v) is 4.23. The first-order chi connectivity index (χ1) is 7.00. The molecule has 0 aliphatic carbocycles. The predicted molar refractivity (Wildman–Crippen MR) is 52.3 cm³/mol. The van der Waals surface area contributed by atoms with Crippen LogP contribution in [0.4, 0.5) is 4.79 Å². The first kappa shape index (κ1) is 9.91.